The normalized spacial score (nSPS) is 10.5. The number of carbonyl (C=O) groups is 1. The monoisotopic (exact) mass is 383 g/mol. The number of hydrogen-bond donors (Lipinski definition) is 1. The molecule has 0 atom stereocenters. The van der Waals surface area contributed by atoms with Crippen molar-refractivity contribution in [3.05, 3.63) is 33.2 Å². The number of hydrogen-bond acceptors (Lipinski definition) is 5. The molecule has 0 unspecified atom stereocenters. The Morgan fingerprint density at radius 2 is 2.18 bits per heavy atom. The molecule has 1 aromatic heterocycles. The molecule has 1 N–H and O–H groups in total. The maximum absolute atomic E-state index is 12.2. The van der Waals surface area contributed by atoms with Gasteiger partial charge in [0.15, 0.2) is 0 Å². The van der Waals surface area contributed by atoms with E-state index in [2.05, 4.69) is 38.4 Å². The van der Waals surface area contributed by atoms with E-state index in [1.54, 1.807) is 18.2 Å². The molecule has 0 spiro atoms. The Morgan fingerprint density at radius 1 is 1.36 bits per heavy atom. The van der Waals surface area contributed by atoms with Crippen LogP contribution in [0.4, 0.5) is 5.13 Å². The number of halogens is 1. The summed E-state index contributed by atoms with van der Waals surface area (Å²) in [6.45, 7) is 4.79. The Balaban J connectivity index is 2.02. The lowest BCUT2D eigenvalue weighted by Gasteiger charge is -2.09. The van der Waals surface area contributed by atoms with Gasteiger partial charge in [0.05, 0.1) is 11.1 Å². The fourth-order valence-electron chi connectivity index (χ4n) is 1.70. The van der Waals surface area contributed by atoms with Crippen LogP contribution < -0.4 is 10.1 Å². The average molecular weight is 384 g/mol. The van der Waals surface area contributed by atoms with Crippen molar-refractivity contribution in [2.45, 2.75) is 33.1 Å². The second-order valence-corrected chi connectivity index (χ2v) is 6.57. The van der Waals surface area contributed by atoms with E-state index in [0.29, 0.717) is 17.3 Å². The Bertz CT molecular complexity index is 645. The topological polar surface area (TPSA) is 64.1 Å². The molecule has 22 heavy (non-hydrogen) atoms. The van der Waals surface area contributed by atoms with Crippen molar-refractivity contribution in [1.82, 2.24) is 10.2 Å². The summed E-state index contributed by atoms with van der Waals surface area (Å²) in [6, 6.07) is 5.29. The lowest BCUT2D eigenvalue weighted by Crippen LogP contribution is -2.11. The average Bonchev–Trinajstić information content (AvgIpc) is 2.96. The van der Waals surface area contributed by atoms with Crippen molar-refractivity contribution in [2.75, 3.05) is 11.9 Å². The van der Waals surface area contributed by atoms with Gasteiger partial charge in [-0.25, -0.2) is 0 Å². The zero-order valence-corrected chi connectivity index (χ0v) is 15.0. The lowest BCUT2D eigenvalue weighted by atomic mass is 10.2. The minimum Gasteiger partial charge on any atom is -0.492 e. The molecule has 0 fully saturated rings. The van der Waals surface area contributed by atoms with Gasteiger partial charge in [0.2, 0.25) is 5.13 Å². The number of ether oxygens (including phenoxy) is 1. The predicted molar refractivity (Wildman–Crippen MR) is 91.8 cm³/mol. The molecule has 1 aromatic carbocycles. The van der Waals surface area contributed by atoms with Crippen LogP contribution >= 0.6 is 27.3 Å². The van der Waals surface area contributed by atoms with E-state index >= 15 is 0 Å². The van der Waals surface area contributed by atoms with Crippen molar-refractivity contribution in [3.8, 4) is 5.75 Å². The van der Waals surface area contributed by atoms with Crippen LogP contribution in [0.5, 0.6) is 5.75 Å². The molecule has 0 saturated carbocycles. The third-order valence-electron chi connectivity index (χ3n) is 2.94. The van der Waals surface area contributed by atoms with E-state index in [4.69, 9.17) is 4.74 Å². The second-order valence-electron chi connectivity index (χ2n) is 4.66. The zero-order valence-electron chi connectivity index (χ0n) is 12.6. The number of aryl methyl sites for hydroxylation is 1. The molecule has 0 aliphatic carbocycles. The lowest BCUT2D eigenvalue weighted by molar-refractivity contribution is 0.102. The fourth-order valence-corrected chi connectivity index (χ4v) is 2.87. The smallest absolute Gasteiger partial charge is 0.257 e. The molecule has 1 amide bonds. The number of rotatable bonds is 7. The van der Waals surface area contributed by atoms with Crippen LogP contribution in [0, 0.1) is 0 Å². The van der Waals surface area contributed by atoms with Crippen molar-refractivity contribution in [1.29, 1.82) is 0 Å². The molecule has 2 rings (SSSR count). The number of carbonyl (C=O) groups excluding carboxylic acids is 1. The van der Waals surface area contributed by atoms with Crippen LogP contribution in [0.25, 0.3) is 0 Å². The van der Waals surface area contributed by atoms with E-state index in [9.17, 15) is 4.79 Å². The summed E-state index contributed by atoms with van der Waals surface area (Å²) in [6.07, 6.45) is 2.90. The van der Waals surface area contributed by atoms with Gasteiger partial charge in [-0.2, -0.15) is 0 Å². The quantitative estimate of drug-likeness (QED) is 0.724. The first kappa shape index (κ1) is 16.9. The largest absolute Gasteiger partial charge is 0.492 e. The van der Waals surface area contributed by atoms with Gasteiger partial charge in [-0.15, -0.1) is 10.2 Å². The summed E-state index contributed by atoms with van der Waals surface area (Å²) in [5.41, 5.74) is 0.544. The number of benzene rings is 1. The maximum Gasteiger partial charge on any atom is 0.257 e. The molecule has 118 valence electrons. The molecule has 0 radical (unpaired) electrons. The van der Waals surface area contributed by atoms with Gasteiger partial charge in [-0.05, 0) is 47.0 Å². The van der Waals surface area contributed by atoms with E-state index in [-0.39, 0.29) is 5.91 Å². The predicted octanol–water partition coefficient (Wildman–Crippen LogP) is 4.29. The fraction of sp³-hybridized carbons (Fsp3) is 0.400. The summed E-state index contributed by atoms with van der Waals surface area (Å²) in [5.74, 6) is 0.536. The molecule has 0 aliphatic rings. The van der Waals surface area contributed by atoms with E-state index in [0.717, 1.165) is 34.5 Å². The minimum atomic E-state index is -0.209. The maximum atomic E-state index is 12.2. The highest BCUT2D eigenvalue weighted by atomic mass is 79.9. The summed E-state index contributed by atoms with van der Waals surface area (Å²) >= 11 is 4.82. The van der Waals surface area contributed by atoms with Crippen LogP contribution in [-0.2, 0) is 6.42 Å². The van der Waals surface area contributed by atoms with Crippen molar-refractivity contribution >= 4 is 38.3 Å². The van der Waals surface area contributed by atoms with Crippen molar-refractivity contribution < 1.29 is 9.53 Å². The van der Waals surface area contributed by atoms with Gasteiger partial charge in [0, 0.05) is 5.56 Å². The zero-order chi connectivity index (χ0) is 15.9. The standard InChI is InChI=1S/C15H18BrN3O2S/c1-3-5-8-21-12-7-6-10(9-11(12)16)14(20)17-15-19-18-13(4-2)22-15/h6-7,9H,3-5,8H2,1-2H3,(H,17,19,20). The van der Waals surface area contributed by atoms with E-state index in [1.807, 2.05) is 6.92 Å². The summed E-state index contributed by atoms with van der Waals surface area (Å²) in [7, 11) is 0. The van der Waals surface area contributed by atoms with Crippen LogP contribution in [0.3, 0.4) is 0 Å². The van der Waals surface area contributed by atoms with Gasteiger partial charge in [-0.1, -0.05) is 31.6 Å². The van der Waals surface area contributed by atoms with Gasteiger partial charge < -0.3 is 4.74 Å². The summed E-state index contributed by atoms with van der Waals surface area (Å²) in [4.78, 5) is 12.2. The number of aromatic nitrogens is 2. The number of nitrogens with zero attached hydrogens (tertiary/aromatic N) is 2. The van der Waals surface area contributed by atoms with Crippen LogP contribution in [-0.4, -0.2) is 22.7 Å². The minimum absolute atomic E-state index is 0.209. The van der Waals surface area contributed by atoms with Crippen molar-refractivity contribution in [3.63, 3.8) is 0 Å². The Labute approximate surface area is 142 Å². The molecule has 1 heterocycles. The van der Waals surface area contributed by atoms with Gasteiger partial charge in [0.25, 0.3) is 5.91 Å². The first-order valence-corrected chi connectivity index (χ1v) is 8.81. The Morgan fingerprint density at radius 3 is 2.82 bits per heavy atom. The highest BCUT2D eigenvalue weighted by molar-refractivity contribution is 9.10. The number of amides is 1. The van der Waals surface area contributed by atoms with E-state index in [1.165, 1.54) is 11.3 Å². The highest BCUT2D eigenvalue weighted by Gasteiger charge is 2.12. The summed E-state index contributed by atoms with van der Waals surface area (Å²) < 4.78 is 6.42. The van der Waals surface area contributed by atoms with Crippen molar-refractivity contribution in [2.24, 2.45) is 0 Å². The van der Waals surface area contributed by atoms with Crippen LogP contribution in [0.2, 0.25) is 0 Å². The second kappa shape index (κ2) is 8.24. The third-order valence-corrected chi connectivity index (χ3v) is 4.54. The Hall–Kier alpha value is -1.47. The van der Waals surface area contributed by atoms with E-state index < -0.39 is 0 Å². The Kier molecular flexibility index (Phi) is 6.33. The van der Waals surface area contributed by atoms with Crippen LogP contribution in [0.1, 0.15) is 42.1 Å². The number of unbranched alkanes of at least 4 members (excludes halogenated alkanes) is 1. The van der Waals surface area contributed by atoms with Crippen LogP contribution in [0.15, 0.2) is 22.7 Å². The molecule has 5 nitrogen and oxygen atoms in total. The molecule has 0 bridgehead atoms. The van der Waals surface area contributed by atoms with Gasteiger partial charge in [-0.3, -0.25) is 10.1 Å². The first-order valence-electron chi connectivity index (χ1n) is 7.20. The highest BCUT2D eigenvalue weighted by Crippen LogP contribution is 2.27. The third kappa shape index (κ3) is 4.51. The molecular formula is C15H18BrN3O2S. The molecular weight excluding hydrogens is 366 g/mol. The number of nitrogens with one attached hydrogen (secondary N) is 1. The molecule has 0 aliphatic heterocycles. The molecule has 0 saturated heterocycles. The van der Waals surface area contributed by atoms with Gasteiger partial charge in [0.1, 0.15) is 10.8 Å². The summed E-state index contributed by atoms with van der Waals surface area (Å²) in [5, 5.41) is 12.1. The number of anilines is 1. The SMILES string of the molecule is CCCCOc1ccc(C(=O)Nc2nnc(CC)s2)cc1Br. The first-order chi connectivity index (χ1) is 10.6. The molecule has 7 heteroatoms. The molecule has 2 aromatic rings. The van der Waals surface area contributed by atoms with Gasteiger partial charge >= 0.3 is 0 Å².